The molecule has 0 spiro atoms. The Bertz CT molecular complexity index is 181. The molecule has 0 amide bonds. The number of hydrogen-bond donors (Lipinski definition) is 0. The molecule has 70 valence electrons. The summed E-state index contributed by atoms with van der Waals surface area (Å²) in [5.41, 5.74) is 0.735. The Morgan fingerprint density at radius 2 is 1.92 bits per heavy atom. The van der Waals surface area contributed by atoms with E-state index in [1.165, 1.54) is 6.42 Å². The van der Waals surface area contributed by atoms with E-state index < -0.39 is 8.07 Å². The van der Waals surface area contributed by atoms with Gasteiger partial charge in [-0.15, -0.1) is 0 Å². The fourth-order valence-electron chi connectivity index (χ4n) is 2.38. The van der Waals surface area contributed by atoms with Gasteiger partial charge in [-0.25, -0.2) is 0 Å². The molecular weight excluding hydrogens is 164 g/mol. The maximum Gasteiger partial charge on any atom is 0.135 e. The number of Topliss-reactive ketones (excluding diaryl/α,β-unsaturated/α-hetero) is 1. The highest BCUT2D eigenvalue weighted by Gasteiger charge is 2.36. The molecule has 1 rings (SSSR count). The lowest BCUT2D eigenvalue weighted by Crippen LogP contribution is -2.37. The monoisotopic (exact) mass is 184 g/mol. The fourth-order valence-corrected chi connectivity index (χ4v) is 5.14. The molecule has 1 nitrogen and oxygen atoms in total. The van der Waals surface area contributed by atoms with Crippen LogP contribution in [-0.4, -0.2) is 13.9 Å². The topological polar surface area (TPSA) is 17.1 Å². The molecule has 0 bridgehead atoms. The summed E-state index contributed by atoms with van der Waals surface area (Å²) in [7, 11) is -1.08. The third-order valence-electron chi connectivity index (χ3n) is 3.16. The van der Waals surface area contributed by atoms with Crippen LogP contribution in [-0.2, 0) is 4.79 Å². The van der Waals surface area contributed by atoms with Gasteiger partial charge in [0.15, 0.2) is 0 Å². The molecule has 0 aromatic rings. The molecule has 0 N–H and O–H groups in total. The number of ketones is 1. The first-order valence-corrected chi connectivity index (χ1v) is 8.53. The summed E-state index contributed by atoms with van der Waals surface area (Å²) in [6.45, 7) is 9.27. The molecular formula is C10H20OSi. The highest BCUT2D eigenvalue weighted by Crippen LogP contribution is 2.39. The number of rotatable bonds is 1. The summed E-state index contributed by atoms with van der Waals surface area (Å²) < 4.78 is 0. The third kappa shape index (κ3) is 1.97. The van der Waals surface area contributed by atoms with Crippen molar-refractivity contribution >= 4 is 13.9 Å². The molecule has 2 unspecified atom stereocenters. The Morgan fingerprint density at radius 1 is 1.33 bits per heavy atom. The van der Waals surface area contributed by atoms with Gasteiger partial charge in [0.25, 0.3) is 0 Å². The maximum absolute atomic E-state index is 11.5. The van der Waals surface area contributed by atoms with Crippen molar-refractivity contribution < 1.29 is 4.79 Å². The maximum atomic E-state index is 11.5. The van der Waals surface area contributed by atoms with Crippen molar-refractivity contribution in [2.75, 3.05) is 0 Å². The van der Waals surface area contributed by atoms with Crippen LogP contribution in [0.15, 0.2) is 0 Å². The molecule has 0 heterocycles. The highest BCUT2D eigenvalue weighted by molar-refractivity contribution is 6.77. The Hall–Kier alpha value is -0.113. The second-order valence-electron chi connectivity index (χ2n) is 5.12. The summed E-state index contributed by atoms with van der Waals surface area (Å²) in [6, 6.07) is 0. The molecule has 0 aliphatic heterocycles. The normalized spacial score (nSPS) is 32.2. The molecule has 0 aromatic carbocycles. The van der Waals surface area contributed by atoms with Gasteiger partial charge in [-0.3, -0.25) is 4.79 Å². The van der Waals surface area contributed by atoms with Crippen molar-refractivity contribution in [1.29, 1.82) is 0 Å². The van der Waals surface area contributed by atoms with E-state index in [4.69, 9.17) is 0 Å². The Kier molecular flexibility index (Phi) is 2.76. The second-order valence-corrected chi connectivity index (χ2v) is 10.6. The van der Waals surface area contributed by atoms with Crippen molar-refractivity contribution in [3.8, 4) is 0 Å². The predicted molar refractivity (Wildman–Crippen MR) is 55.1 cm³/mol. The fraction of sp³-hybridized carbons (Fsp3) is 0.900. The van der Waals surface area contributed by atoms with Gasteiger partial charge in [0, 0.05) is 20.4 Å². The first kappa shape index (κ1) is 9.97. The zero-order chi connectivity index (χ0) is 9.35. The number of hydrogen-bond acceptors (Lipinski definition) is 1. The summed E-state index contributed by atoms with van der Waals surface area (Å²) in [5.74, 6) is 0.860. The molecule has 1 fully saturated rings. The van der Waals surface area contributed by atoms with Crippen molar-refractivity contribution in [1.82, 2.24) is 0 Å². The summed E-state index contributed by atoms with van der Waals surface area (Å²) in [4.78, 5) is 11.5. The van der Waals surface area contributed by atoms with Gasteiger partial charge >= 0.3 is 0 Å². The summed E-state index contributed by atoms with van der Waals surface area (Å²) >= 11 is 0. The van der Waals surface area contributed by atoms with Crippen LogP contribution in [0.4, 0.5) is 0 Å². The van der Waals surface area contributed by atoms with Crippen molar-refractivity contribution in [2.24, 2.45) is 5.92 Å². The van der Waals surface area contributed by atoms with Gasteiger partial charge in [0.2, 0.25) is 0 Å². The minimum atomic E-state index is -1.08. The zero-order valence-corrected chi connectivity index (χ0v) is 9.68. The smallest absolute Gasteiger partial charge is 0.135 e. The lowest BCUT2D eigenvalue weighted by molar-refractivity contribution is -0.123. The minimum Gasteiger partial charge on any atom is -0.299 e. The van der Waals surface area contributed by atoms with E-state index in [1.807, 2.05) is 0 Å². The van der Waals surface area contributed by atoms with Crippen molar-refractivity contribution in [3.63, 3.8) is 0 Å². The van der Waals surface area contributed by atoms with Crippen LogP contribution in [0.2, 0.25) is 25.2 Å². The van der Waals surface area contributed by atoms with Crippen LogP contribution in [0.5, 0.6) is 0 Å². The molecule has 1 saturated carbocycles. The highest BCUT2D eigenvalue weighted by atomic mass is 28.3. The first-order chi connectivity index (χ1) is 5.43. The Labute approximate surface area is 76.6 Å². The van der Waals surface area contributed by atoms with Crippen molar-refractivity contribution in [3.05, 3.63) is 0 Å². The minimum absolute atomic E-state index is 0.352. The SMILES string of the molecule is CC1C(=O)CCCC1[Si](C)(C)C. The van der Waals surface area contributed by atoms with E-state index in [2.05, 4.69) is 26.6 Å². The molecule has 0 aromatic heterocycles. The number of carbonyl (C=O) groups excluding carboxylic acids is 1. The van der Waals surface area contributed by atoms with E-state index in [0.29, 0.717) is 11.7 Å². The van der Waals surface area contributed by atoms with Crippen LogP contribution in [0.1, 0.15) is 26.2 Å². The van der Waals surface area contributed by atoms with Gasteiger partial charge in [0.05, 0.1) is 0 Å². The van der Waals surface area contributed by atoms with E-state index in [1.54, 1.807) is 0 Å². The first-order valence-electron chi connectivity index (χ1n) is 4.95. The standard InChI is InChI=1S/C10H20OSi/c1-8-9(11)6-5-7-10(8)12(2,3)4/h8,10H,5-7H2,1-4H3. The average Bonchev–Trinajstić information content (AvgIpc) is 1.92. The average molecular weight is 184 g/mol. The van der Waals surface area contributed by atoms with Crippen molar-refractivity contribution in [2.45, 2.75) is 51.4 Å². The van der Waals surface area contributed by atoms with E-state index in [-0.39, 0.29) is 0 Å². The van der Waals surface area contributed by atoms with Crippen LogP contribution < -0.4 is 0 Å². The largest absolute Gasteiger partial charge is 0.299 e. The summed E-state index contributed by atoms with van der Waals surface area (Å²) in [5, 5.41) is 0. The molecule has 0 radical (unpaired) electrons. The predicted octanol–water partition coefficient (Wildman–Crippen LogP) is 3.08. The van der Waals surface area contributed by atoms with Crippen LogP contribution >= 0.6 is 0 Å². The zero-order valence-electron chi connectivity index (χ0n) is 8.68. The molecule has 12 heavy (non-hydrogen) atoms. The van der Waals surface area contributed by atoms with Crippen LogP contribution in [0, 0.1) is 5.92 Å². The molecule has 1 aliphatic rings. The quantitative estimate of drug-likeness (QED) is 0.572. The molecule has 0 saturated heterocycles. The van der Waals surface area contributed by atoms with E-state index in [9.17, 15) is 4.79 Å². The molecule has 2 atom stereocenters. The van der Waals surface area contributed by atoms with Gasteiger partial charge < -0.3 is 0 Å². The van der Waals surface area contributed by atoms with Crippen LogP contribution in [0.3, 0.4) is 0 Å². The van der Waals surface area contributed by atoms with Crippen LogP contribution in [0.25, 0.3) is 0 Å². The van der Waals surface area contributed by atoms with Gasteiger partial charge in [-0.2, -0.15) is 0 Å². The Morgan fingerprint density at radius 3 is 2.33 bits per heavy atom. The molecule has 1 aliphatic carbocycles. The lowest BCUT2D eigenvalue weighted by atomic mass is 9.89. The second kappa shape index (κ2) is 3.33. The summed E-state index contributed by atoms with van der Waals surface area (Å²) in [6.07, 6.45) is 3.27. The van der Waals surface area contributed by atoms with Gasteiger partial charge in [0.1, 0.15) is 5.78 Å². The van der Waals surface area contributed by atoms with Gasteiger partial charge in [-0.1, -0.05) is 33.0 Å². The third-order valence-corrected chi connectivity index (χ3v) is 6.18. The Balaban J connectivity index is 2.70. The van der Waals surface area contributed by atoms with E-state index in [0.717, 1.165) is 18.4 Å². The van der Waals surface area contributed by atoms with E-state index >= 15 is 0 Å². The van der Waals surface area contributed by atoms with Gasteiger partial charge in [-0.05, 0) is 12.0 Å². The lowest BCUT2D eigenvalue weighted by Gasteiger charge is -2.36. The molecule has 2 heteroatoms. The number of carbonyl (C=O) groups is 1.